The van der Waals surface area contributed by atoms with Gasteiger partial charge in [-0.05, 0) is 35.3 Å². The first-order valence-electron chi connectivity index (χ1n) is 7.61. The Labute approximate surface area is 137 Å². The van der Waals surface area contributed by atoms with Crippen molar-refractivity contribution in [1.82, 2.24) is 5.32 Å². The van der Waals surface area contributed by atoms with Gasteiger partial charge in [0.15, 0.2) is 0 Å². The van der Waals surface area contributed by atoms with Crippen LogP contribution in [0.5, 0.6) is 0 Å². The average Bonchev–Trinajstić information content (AvgIpc) is 2.42. The Morgan fingerprint density at radius 3 is 2.33 bits per heavy atom. The molecule has 0 spiro atoms. The van der Waals surface area contributed by atoms with Gasteiger partial charge in [-0.1, -0.05) is 68.7 Å². The molecule has 0 fully saturated rings. The maximum absolute atomic E-state index is 12.5. The predicted molar refractivity (Wildman–Crippen MR) is 94.3 cm³/mol. The maximum atomic E-state index is 12.5. The first kappa shape index (κ1) is 18.2. The van der Waals surface area contributed by atoms with Crippen LogP contribution < -0.4 is 5.32 Å². The number of amides is 1. The molecule has 0 aliphatic heterocycles. The van der Waals surface area contributed by atoms with E-state index in [0.717, 1.165) is 29.3 Å². The van der Waals surface area contributed by atoms with Gasteiger partial charge in [0.05, 0.1) is 0 Å². The number of carbonyl (C=O) groups is 1. The number of nitrogens with one attached hydrogen (secondary N) is 1. The van der Waals surface area contributed by atoms with Gasteiger partial charge in [-0.25, -0.2) is 0 Å². The van der Waals surface area contributed by atoms with Crippen LogP contribution in [0.3, 0.4) is 0 Å². The molecule has 0 aliphatic rings. The minimum Gasteiger partial charge on any atom is -0.351 e. The summed E-state index contributed by atoms with van der Waals surface area (Å²) in [7, 11) is 0. The minimum absolute atomic E-state index is 0.0284. The van der Waals surface area contributed by atoms with Crippen molar-refractivity contribution in [3.8, 4) is 0 Å². The van der Waals surface area contributed by atoms with Gasteiger partial charge in [0.1, 0.15) is 0 Å². The summed E-state index contributed by atoms with van der Waals surface area (Å²) in [5.74, 6) is 0.0347. The molecule has 0 atom stereocenters. The minimum atomic E-state index is -0.0284. The van der Waals surface area contributed by atoms with Gasteiger partial charge in [-0.15, -0.1) is 0 Å². The molecule has 0 aliphatic carbocycles. The van der Waals surface area contributed by atoms with E-state index in [4.69, 9.17) is 0 Å². The van der Waals surface area contributed by atoms with Crippen LogP contribution >= 0.6 is 15.9 Å². The third-order valence-electron chi connectivity index (χ3n) is 3.69. The zero-order valence-electron chi connectivity index (χ0n) is 13.9. The van der Waals surface area contributed by atoms with Crippen molar-refractivity contribution in [2.24, 2.45) is 5.41 Å². The van der Waals surface area contributed by atoms with Crippen molar-refractivity contribution < 1.29 is 4.79 Å². The largest absolute Gasteiger partial charge is 0.351 e. The molecule has 2 nitrogen and oxygen atoms in total. The molecule has 1 aromatic carbocycles. The predicted octanol–water partition coefficient (Wildman–Crippen LogP) is 4.92. The summed E-state index contributed by atoms with van der Waals surface area (Å²) in [6.07, 6.45) is 2.22. The molecular formula is C18H28BrNO. The summed E-state index contributed by atoms with van der Waals surface area (Å²) in [5.41, 5.74) is 1.99. The van der Waals surface area contributed by atoms with Crippen LogP contribution in [-0.2, 0) is 5.41 Å². The fraction of sp³-hybridized carbons (Fsp3) is 0.611. The molecule has 0 radical (unpaired) electrons. The lowest BCUT2D eigenvalue weighted by Gasteiger charge is -2.26. The Bertz CT molecular complexity index is 474. The van der Waals surface area contributed by atoms with Crippen LogP contribution in [0.2, 0.25) is 0 Å². The second-order valence-corrected chi connectivity index (χ2v) is 8.23. The van der Waals surface area contributed by atoms with Crippen LogP contribution in [0.4, 0.5) is 0 Å². The van der Waals surface area contributed by atoms with E-state index in [1.807, 2.05) is 24.3 Å². The quantitative estimate of drug-likeness (QED) is 0.722. The Balaban J connectivity index is 2.77. The first-order valence-corrected chi connectivity index (χ1v) is 8.73. The molecule has 118 valence electrons. The van der Waals surface area contributed by atoms with E-state index in [-0.39, 0.29) is 16.7 Å². The zero-order chi connectivity index (χ0) is 16.1. The van der Waals surface area contributed by atoms with Crippen molar-refractivity contribution in [1.29, 1.82) is 0 Å². The lowest BCUT2D eigenvalue weighted by Crippen LogP contribution is -2.35. The lowest BCUT2D eigenvalue weighted by atomic mass is 9.83. The van der Waals surface area contributed by atoms with E-state index in [1.54, 1.807) is 0 Å². The fourth-order valence-corrected chi connectivity index (χ4v) is 2.66. The van der Waals surface area contributed by atoms with E-state index in [9.17, 15) is 4.79 Å². The highest BCUT2D eigenvalue weighted by molar-refractivity contribution is 9.09. The van der Waals surface area contributed by atoms with Crippen molar-refractivity contribution in [3.63, 3.8) is 0 Å². The van der Waals surface area contributed by atoms with Crippen molar-refractivity contribution in [3.05, 3.63) is 35.4 Å². The topological polar surface area (TPSA) is 29.1 Å². The smallest absolute Gasteiger partial charge is 0.251 e. The Hall–Kier alpha value is -0.830. The lowest BCUT2D eigenvalue weighted by molar-refractivity contribution is 0.0932. The SMILES string of the molecule is CC(C)(CCCBr)CNC(=O)c1ccccc1C(C)(C)C. The van der Waals surface area contributed by atoms with Crippen LogP contribution in [0.15, 0.2) is 24.3 Å². The van der Waals surface area contributed by atoms with E-state index < -0.39 is 0 Å². The van der Waals surface area contributed by atoms with Gasteiger partial charge in [0.2, 0.25) is 0 Å². The second-order valence-electron chi connectivity index (χ2n) is 7.44. The number of alkyl halides is 1. The fourth-order valence-electron chi connectivity index (χ4n) is 2.38. The van der Waals surface area contributed by atoms with Crippen LogP contribution in [0, 0.1) is 5.41 Å². The number of carbonyl (C=O) groups excluding carboxylic acids is 1. The normalized spacial score (nSPS) is 12.3. The summed E-state index contributed by atoms with van der Waals surface area (Å²) in [4.78, 5) is 12.5. The number of hydrogen-bond donors (Lipinski definition) is 1. The molecule has 1 aromatic rings. The number of rotatable bonds is 6. The molecule has 1 rings (SSSR count). The molecule has 0 unspecified atom stereocenters. The molecule has 0 bridgehead atoms. The maximum Gasteiger partial charge on any atom is 0.251 e. The number of benzene rings is 1. The zero-order valence-corrected chi connectivity index (χ0v) is 15.5. The molecule has 1 N–H and O–H groups in total. The van der Waals surface area contributed by atoms with E-state index >= 15 is 0 Å². The van der Waals surface area contributed by atoms with Gasteiger partial charge >= 0.3 is 0 Å². The van der Waals surface area contributed by atoms with E-state index in [2.05, 4.69) is 55.9 Å². The van der Waals surface area contributed by atoms with Crippen molar-refractivity contribution in [2.75, 3.05) is 11.9 Å². The highest BCUT2D eigenvalue weighted by Gasteiger charge is 2.23. The number of halogens is 1. The third kappa shape index (κ3) is 5.82. The monoisotopic (exact) mass is 353 g/mol. The molecule has 0 aromatic heterocycles. The molecule has 0 saturated heterocycles. The Morgan fingerprint density at radius 2 is 1.76 bits per heavy atom. The van der Waals surface area contributed by atoms with Crippen molar-refractivity contribution in [2.45, 2.75) is 52.9 Å². The molecule has 0 saturated carbocycles. The summed E-state index contributed by atoms with van der Waals surface area (Å²) in [5, 5.41) is 4.12. The molecule has 1 amide bonds. The Morgan fingerprint density at radius 1 is 1.14 bits per heavy atom. The van der Waals surface area contributed by atoms with Crippen LogP contribution in [-0.4, -0.2) is 17.8 Å². The Kier molecular flexibility index (Phi) is 6.45. The van der Waals surface area contributed by atoms with Crippen LogP contribution in [0.1, 0.15) is 63.4 Å². The highest BCUT2D eigenvalue weighted by Crippen LogP contribution is 2.26. The summed E-state index contributed by atoms with van der Waals surface area (Å²) >= 11 is 3.46. The van der Waals surface area contributed by atoms with Crippen LogP contribution in [0.25, 0.3) is 0 Å². The summed E-state index contributed by atoms with van der Waals surface area (Å²) in [6, 6.07) is 7.89. The molecule has 0 heterocycles. The van der Waals surface area contributed by atoms with Gasteiger partial charge in [-0.3, -0.25) is 4.79 Å². The third-order valence-corrected chi connectivity index (χ3v) is 4.26. The molecular weight excluding hydrogens is 326 g/mol. The first-order chi connectivity index (χ1) is 9.67. The summed E-state index contributed by atoms with van der Waals surface area (Å²) in [6.45, 7) is 11.5. The summed E-state index contributed by atoms with van der Waals surface area (Å²) < 4.78 is 0. The van der Waals surface area contributed by atoms with Crippen molar-refractivity contribution >= 4 is 21.8 Å². The second kappa shape index (κ2) is 7.44. The average molecular weight is 354 g/mol. The highest BCUT2D eigenvalue weighted by atomic mass is 79.9. The molecule has 21 heavy (non-hydrogen) atoms. The van der Waals surface area contributed by atoms with Gasteiger partial charge in [0, 0.05) is 17.4 Å². The van der Waals surface area contributed by atoms with Gasteiger partial charge in [0.25, 0.3) is 5.91 Å². The van der Waals surface area contributed by atoms with Gasteiger partial charge in [-0.2, -0.15) is 0 Å². The number of hydrogen-bond acceptors (Lipinski definition) is 1. The van der Waals surface area contributed by atoms with E-state index in [1.165, 1.54) is 0 Å². The standard InChI is InChI=1S/C18H28BrNO/c1-17(2,3)15-10-7-6-9-14(15)16(21)20-13-18(4,5)11-8-12-19/h6-7,9-10H,8,11-13H2,1-5H3,(H,20,21). The van der Waals surface area contributed by atoms with E-state index in [0.29, 0.717) is 6.54 Å². The molecule has 3 heteroatoms. The van der Waals surface area contributed by atoms with Gasteiger partial charge < -0.3 is 5.32 Å².